The van der Waals surface area contributed by atoms with E-state index in [2.05, 4.69) is 5.92 Å². The van der Waals surface area contributed by atoms with Gasteiger partial charge >= 0.3 is 0 Å². The Morgan fingerprint density at radius 1 is 1.75 bits per heavy atom. The van der Waals surface area contributed by atoms with E-state index in [1.165, 1.54) is 0 Å². The molecule has 0 heterocycles. The maximum atomic E-state index is 5.34. The average Bonchev–Trinajstić information content (AvgIpc) is 1.83. The molecule has 0 bridgehead atoms. The van der Waals surface area contributed by atoms with Crippen LogP contribution in [-0.2, 0) is 0 Å². The topological polar surface area (TPSA) is 26.0 Å². The molecular formula is C7H9N. The molecule has 0 spiro atoms. The van der Waals surface area contributed by atoms with Crippen LogP contribution in [-0.4, -0.2) is 0 Å². The summed E-state index contributed by atoms with van der Waals surface area (Å²) in [6.45, 7) is 1.86. The van der Waals surface area contributed by atoms with Gasteiger partial charge in [-0.2, -0.15) is 0 Å². The molecule has 0 fully saturated rings. The minimum atomic E-state index is 0.697. The molecule has 8 heavy (non-hydrogen) atoms. The molecule has 0 aromatic rings. The van der Waals surface area contributed by atoms with E-state index in [1.54, 1.807) is 18.2 Å². The van der Waals surface area contributed by atoms with Crippen LogP contribution < -0.4 is 5.73 Å². The Morgan fingerprint density at radius 2 is 2.38 bits per heavy atom. The Morgan fingerprint density at radius 3 is 2.75 bits per heavy atom. The molecule has 0 aliphatic heterocycles. The van der Waals surface area contributed by atoms with Crippen LogP contribution in [0.4, 0.5) is 0 Å². The highest BCUT2D eigenvalue weighted by Crippen LogP contribution is 1.82. The van der Waals surface area contributed by atoms with Crippen LogP contribution in [0.15, 0.2) is 23.9 Å². The molecule has 0 saturated heterocycles. The average molecular weight is 107 g/mol. The molecule has 0 radical (unpaired) electrons. The molecule has 1 nitrogen and oxygen atoms in total. The minimum absolute atomic E-state index is 0.697. The van der Waals surface area contributed by atoms with Gasteiger partial charge < -0.3 is 5.73 Å². The molecule has 42 valence electrons. The monoisotopic (exact) mass is 107 g/mol. The van der Waals surface area contributed by atoms with E-state index in [9.17, 15) is 0 Å². The summed E-state index contributed by atoms with van der Waals surface area (Å²) in [5.74, 6) is 2.33. The van der Waals surface area contributed by atoms with Crippen LogP contribution in [0, 0.1) is 12.3 Å². The van der Waals surface area contributed by atoms with E-state index in [-0.39, 0.29) is 0 Å². The maximum absolute atomic E-state index is 5.34. The zero-order valence-corrected chi connectivity index (χ0v) is 4.89. The minimum Gasteiger partial charge on any atom is -0.399 e. The first kappa shape index (κ1) is 6.84. The summed E-state index contributed by atoms with van der Waals surface area (Å²) >= 11 is 0. The molecule has 0 rings (SSSR count). The van der Waals surface area contributed by atoms with Gasteiger partial charge in [0.1, 0.15) is 0 Å². The highest BCUT2D eigenvalue weighted by atomic mass is 14.5. The van der Waals surface area contributed by atoms with Crippen LogP contribution in [0.5, 0.6) is 0 Å². The van der Waals surface area contributed by atoms with Gasteiger partial charge in [0.25, 0.3) is 0 Å². The molecule has 0 aliphatic carbocycles. The summed E-state index contributed by atoms with van der Waals surface area (Å²) in [5.41, 5.74) is 6.03. The fraction of sp³-hybridized carbons (Fsp3) is 0.143. The highest BCUT2D eigenvalue weighted by Gasteiger charge is 1.71. The third-order valence-corrected chi connectivity index (χ3v) is 0.705. The number of rotatable bonds is 1. The third kappa shape index (κ3) is 3.05. The van der Waals surface area contributed by atoms with Crippen molar-refractivity contribution in [3.05, 3.63) is 23.9 Å². The van der Waals surface area contributed by atoms with Gasteiger partial charge in [-0.3, -0.25) is 0 Å². The van der Waals surface area contributed by atoms with E-state index in [0.29, 0.717) is 5.70 Å². The van der Waals surface area contributed by atoms with Crippen molar-refractivity contribution in [2.45, 2.75) is 6.92 Å². The van der Waals surface area contributed by atoms with Gasteiger partial charge in [0.05, 0.1) is 0 Å². The van der Waals surface area contributed by atoms with Gasteiger partial charge in [-0.1, -0.05) is 12.0 Å². The van der Waals surface area contributed by atoms with Gasteiger partial charge in [-0.15, -0.1) is 6.42 Å². The Bertz CT molecular complexity index is 146. The van der Waals surface area contributed by atoms with Gasteiger partial charge in [-0.25, -0.2) is 0 Å². The zero-order chi connectivity index (χ0) is 6.41. The van der Waals surface area contributed by atoms with Crippen molar-refractivity contribution in [3.63, 3.8) is 0 Å². The summed E-state index contributed by atoms with van der Waals surface area (Å²) in [5, 5.41) is 0. The van der Waals surface area contributed by atoms with E-state index >= 15 is 0 Å². The number of terminal acetylenes is 1. The lowest BCUT2D eigenvalue weighted by molar-refractivity contribution is 1.40. The number of nitrogens with two attached hydrogens (primary N) is 1. The van der Waals surface area contributed by atoms with Gasteiger partial charge in [0.2, 0.25) is 0 Å². The molecule has 1 heteroatoms. The molecular weight excluding hydrogens is 98.1 g/mol. The number of allylic oxidation sites excluding steroid dienone is 3. The Hall–Kier alpha value is -1.16. The molecule has 0 aromatic carbocycles. The van der Waals surface area contributed by atoms with Crippen LogP contribution in [0.2, 0.25) is 0 Å². The molecule has 2 N–H and O–H groups in total. The third-order valence-electron chi connectivity index (χ3n) is 0.705. The van der Waals surface area contributed by atoms with Crippen LogP contribution in [0.25, 0.3) is 0 Å². The van der Waals surface area contributed by atoms with Crippen molar-refractivity contribution >= 4 is 0 Å². The summed E-state index contributed by atoms with van der Waals surface area (Å²) in [7, 11) is 0. The van der Waals surface area contributed by atoms with Crippen LogP contribution in [0.1, 0.15) is 6.92 Å². The molecule has 0 amide bonds. The predicted molar refractivity (Wildman–Crippen MR) is 35.9 cm³/mol. The first-order valence-corrected chi connectivity index (χ1v) is 2.35. The Kier molecular flexibility index (Phi) is 3.43. The van der Waals surface area contributed by atoms with E-state index < -0.39 is 0 Å². The summed E-state index contributed by atoms with van der Waals surface area (Å²) in [6, 6.07) is 0. The lowest BCUT2D eigenvalue weighted by Crippen LogP contribution is -1.89. The summed E-state index contributed by atoms with van der Waals surface area (Å²) in [4.78, 5) is 0. The quantitative estimate of drug-likeness (QED) is 0.393. The van der Waals surface area contributed by atoms with E-state index in [4.69, 9.17) is 12.2 Å². The highest BCUT2D eigenvalue weighted by molar-refractivity contribution is 5.21. The van der Waals surface area contributed by atoms with Crippen molar-refractivity contribution in [1.29, 1.82) is 0 Å². The van der Waals surface area contributed by atoms with Gasteiger partial charge in [0, 0.05) is 5.70 Å². The van der Waals surface area contributed by atoms with E-state index in [1.807, 2.05) is 6.92 Å². The second kappa shape index (κ2) is 4.01. The fourth-order valence-electron chi connectivity index (χ4n) is 0.241. The van der Waals surface area contributed by atoms with Crippen molar-refractivity contribution in [1.82, 2.24) is 0 Å². The molecule has 0 unspecified atom stereocenters. The summed E-state index contributed by atoms with van der Waals surface area (Å²) < 4.78 is 0. The second-order valence-corrected chi connectivity index (χ2v) is 1.29. The predicted octanol–water partition coefficient (Wildman–Crippen LogP) is 1.04. The Balaban J connectivity index is 3.75. The van der Waals surface area contributed by atoms with Crippen molar-refractivity contribution in [2.75, 3.05) is 0 Å². The van der Waals surface area contributed by atoms with Gasteiger partial charge in [-0.05, 0) is 19.1 Å². The Labute approximate surface area is 49.9 Å². The van der Waals surface area contributed by atoms with Gasteiger partial charge in [0.15, 0.2) is 0 Å². The SMILES string of the molecule is C#C/C=C\C(N)=C/C. The molecule has 0 atom stereocenters. The standard InChI is InChI=1S/C7H9N/c1-3-5-6-7(8)4-2/h1,4-6H,8H2,2H3/b6-5-,7-4+. The first-order valence-electron chi connectivity index (χ1n) is 2.35. The molecule has 0 saturated carbocycles. The molecule has 0 aromatic heterocycles. The zero-order valence-electron chi connectivity index (χ0n) is 4.89. The van der Waals surface area contributed by atoms with Crippen molar-refractivity contribution in [3.8, 4) is 12.3 Å². The maximum Gasteiger partial charge on any atom is 0.0277 e. The smallest absolute Gasteiger partial charge is 0.0277 e. The normalized spacial score (nSPS) is 11.8. The second-order valence-electron chi connectivity index (χ2n) is 1.29. The number of hydrogen-bond donors (Lipinski definition) is 1. The molecule has 0 aliphatic rings. The summed E-state index contributed by atoms with van der Waals surface area (Å²) in [6.07, 6.45) is 9.94. The van der Waals surface area contributed by atoms with Crippen LogP contribution >= 0.6 is 0 Å². The number of hydrogen-bond acceptors (Lipinski definition) is 1. The fourth-order valence-corrected chi connectivity index (χ4v) is 0.241. The van der Waals surface area contributed by atoms with Crippen molar-refractivity contribution in [2.24, 2.45) is 5.73 Å². The largest absolute Gasteiger partial charge is 0.399 e. The van der Waals surface area contributed by atoms with Crippen LogP contribution in [0.3, 0.4) is 0 Å². The van der Waals surface area contributed by atoms with E-state index in [0.717, 1.165) is 0 Å². The first-order chi connectivity index (χ1) is 3.81. The van der Waals surface area contributed by atoms with Crippen molar-refractivity contribution < 1.29 is 0 Å². The lowest BCUT2D eigenvalue weighted by Gasteiger charge is -1.82. The lowest BCUT2D eigenvalue weighted by atomic mass is 10.4.